The molecule has 0 aliphatic rings. The number of rotatable bonds is 9. The van der Waals surface area contributed by atoms with Gasteiger partial charge < -0.3 is 14.8 Å². The Bertz CT molecular complexity index is 240. The highest BCUT2D eigenvalue weighted by Gasteiger charge is 2.57. The lowest BCUT2D eigenvalue weighted by Crippen LogP contribution is -2.45. The fraction of sp³-hybridized carbons (Fsp3) is 1.00. The van der Waals surface area contributed by atoms with Crippen molar-refractivity contribution in [1.82, 2.24) is 5.32 Å². The summed E-state index contributed by atoms with van der Waals surface area (Å²) >= 11 is 0. The highest BCUT2D eigenvalue weighted by atomic mass is 19.4. The molecule has 0 aromatic carbocycles. The summed E-state index contributed by atoms with van der Waals surface area (Å²) in [6.07, 6.45) is -14.0. The molecule has 0 heterocycles. The summed E-state index contributed by atoms with van der Waals surface area (Å²) in [4.78, 5) is 0. The summed E-state index contributed by atoms with van der Waals surface area (Å²) in [5.41, 5.74) is 0. The number of alkyl halides is 6. The van der Waals surface area contributed by atoms with E-state index in [4.69, 9.17) is 4.74 Å². The van der Waals surface area contributed by atoms with Crippen LogP contribution in [0.5, 0.6) is 0 Å². The van der Waals surface area contributed by atoms with Crippen LogP contribution in [0.2, 0.25) is 0 Å². The Hall–Kier alpha value is -0.540. The molecule has 0 bridgehead atoms. The van der Waals surface area contributed by atoms with Gasteiger partial charge in [0.2, 0.25) is 6.10 Å². The Morgan fingerprint density at radius 3 is 1.85 bits per heavy atom. The van der Waals surface area contributed by atoms with Gasteiger partial charge in [-0.2, -0.15) is 26.3 Å². The number of nitrogens with one attached hydrogen (secondary N) is 1. The molecule has 0 unspecified atom stereocenters. The highest BCUT2D eigenvalue weighted by Crippen LogP contribution is 2.35. The van der Waals surface area contributed by atoms with E-state index in [9.17, 15) is 26.3 Å². The summed E-state index contributed by atoms with van der Waals surface area (Å²) < 4.78 is 81.6. The van der Waals surface area contributed by atoms with Crippen molar-refractivity contribution in [1.29, 1.82) is 0 Å². The summed E-state index contributed by atoms with van der Waals surface area (Å²) in [7, 11) is 0. The van der Waals surface area contributed by atoms with Crippen LogP contribution < -0.4 is 5.32 Å². The molecule has 0 spiro atoms. The van der Waals surface area contributed by atoms with Crippen LogP contribution in [0.3, 0.4) is 0 Å². The fourth-order valence-electron chi connectivity index (χ4n) is 1.26. The third-order valence-corrected chi connectivity index (χ3v) is 2.11. The first kappa shape index (κ1) is 19.5. The first-order chi connectivity index (χ1) is 9.05. The predicted octanol–water partition coefficient (Wildman–Crippen LogP) is 2.90. The number of hydrogen-bond donors (Lipinski definition) is 1. The normalized spacial score (nSPS) is 13.5. The van der Waals surface area contributed by atoms with Crippen molar-refractivity contribution in [3.8, 4) is 0 Å². The van der Waals surface area contributed by atoms with E-state index in [0.29, 0.717) is 19.6 Å². The predicted molar refractivity (Wildman–Crippen MR) is 60.4 cm³/mol. The average molecular weight is 311 g/mol. The van der Waals surface area contributed by atoms with Gasteiger partial charge in [0, 0.05) is 13.2 Å². The second kappa shape index (κ2) is 8.68. The standard InChI is InChI=1S/C11H19F6NO2/c1-8(2)19-6-3-4-18-5-7-20-9(10(12,13)14)11(15,16)17/h8-9,18H,3-7H2,1-2H3. The first-order valence-corrected chi connectivity index (χ1v) is 6.12. The van der Waals surface area contributed by atoms with Gasteiger partial charge in [-0.1, -0.05) is 0 Å². The van der Waals surface area contributed by atoms with Gasteiger partial charge in [-0.25, -0.2) is 0 Å². The molecule has 0 radical (unpaired) electrons. The van der Waals surface area contributed by atoms with Gasteiger partial charge in [-0.05, 0) is 26.8 Å². The SMILES string of the molecule is CC(C)OCCCNCCOC(C(F)(F)F)C(F)(F)F. The molecular weight excluding hydrogens is 292 g/mol. The van der Waals surface area contributed by atoms with Crippen molar-refractivity contribution in [2.75, 3.05) is 26.3 Å². The minimum absolute atomic E-state index is 0.0812. The summed E-state index contributed by atoms with van der Waals surface area (Å²) in [5, 5.41) is 2.68. The van der Waals surface area contributed by atoms with E-state index in [-0.39, 0.29) is 12.6 Å². The Balaban J connectivity index is 3.76. The number of halogens is 6. The lowest BCUT2D eigenvalue weighted by molar-refractivity contribution is -0.321. The second-order valence-corrected chi connectivity index (χ2v) is 4.36. The van der Waals surface area contributed by atoms with Crippen molar-refractivity contribution in [3.63, 3.8) is 0 Å². The van der Waals surface area contributed by atoms with Gasteiger partial charge in [-0.15, -0.1) is 0 Å². The van der Waals surface area contributed by atoms with Crippen LogP contribution in [-0.2, 0) is 9.47 Å². The summed E-state index contributed by atoms with van der Waals surface area (Å²) in [5.74, 6) is 0. The van der Waals surface area contributed by atoms with Crippen molar-refractivity contribution >= 4 is 0 Å². The Labute approximate surface area is 113 Å². The zero-order valence-electron chi connectivity index (χ0n) is 11.3. The molecule has 0 aliphatic heterocycles. The van der Waals surface area contributed by atoms with Gasteiger partial charge in [0.1, 0.15) is 0 Å². The first-order valence-electron chi connectivity index (χ1n) is 6.12. The van der Waals surface area contributed by atoms with Crippen molar-refractivity contribution in [2.24, 2.45) is 0 Å². The van der Waals surface area contributed by atoms with Crippen LogP contribution in [0.4, 0.5) is 26.3 Å². The Morgan fingerprint density at radius 1 is 0.850 bits per heavy atom. The topological polar surface area (TPSA) is 30.5 Å². The molecule has 0 saturated carbocycles. The molecule has 0 amide bonds. The van der Waals surface area contributed by atoms with E-state index in [1.807, 2.05) is 13.8 Å². The minimum atomic E-state index is -5.46. The zero-order chi connectivity index (χ0) is 15.8. The average Bonchev–Trinajstić information content (AvgIpc) is 2.22. The molecule has 20 heavy (non-hydrogen) atoms. The van der Waals surface area contributed by atoms with Crippen LogP contribution in [0.1, 0.15) is 20.3 Å². The molecule has 3 nitrogen and oxygen atoms in total. The smallest absolute Gasteiger partial charge is 0.379 e. The molecule has 0 aromatic rings. The quantitative estimate of drug-likeness (QED) is 0.525. The molecular formula is C11H19F6NO2. The van der Waals surface area contributed by atoms with Crippen molar-refractivity contribution < 1.29 is 35.8 Å². The molecule has 122 valence electrons. The summed E-state index contributed by atoms with van der Waals surface area (Å²) in [6, 6.07) is 0. The van der Waals surface area contributed by atoms with Gasteiger partial charge in [0.25, 0.3) is 0 Å². The maximum Gasteiger partial charge on any atom is 0.423 e. The third-order valence-electron chi connectivity index (χ3n) is 2.11. The molecule has 0 aromatic heterocycles. The molecule has 0 atom stereocenters. The van der Waals surface area contributed by atoms with E-state index in [0.717, 1.165) is 0 Å². The zero-order valence-corrected chi connectivity index (χ0v) is 11.3. The third kappa shape index (κ3) is 9.38. The molecule has 0 rings (SSSR count). The lowest BCUT2D eigenvalue weighted by atomic mass is 10.3. The number of hydrogen-bond acceptors (Lipinski definition) is 3. The maximum atomic E-state index is 12.1. The van der Waals surface area contributed by atoms with Crippen LogP contribution in [0, 0.1) is 0 Å². The van der Waals surface area contributed by atoms with Crippen LogP contribution in [0.25, 0.3) is 0 Å². The molecule has 0 aliphatic carbocycles. The minimum Gasteiger partial charge on any atom is -0.379 e. The van der Waals surface area contributed by atoms with Crippen molar-refractivity contribution in [3.05, 3.63) is 0 Å². The molecule has 0 fully saturated rings. The van der Waals surface area contributed by atoms with Gasteiger partial charge in [-0.3, -0.25) is 0 Å². The van der Waals surface area contributed by atoms with Gasteiger partial charge >= 0.3 is 12.4 Å². The lowest BCUT2D eigenvalue weighted by Gasteiger charge is -2.23. The van der Waals surface area contributed by atoms with Gasteiger partial charge in [0.15, 0.2) is 0 Å². The van der Waals surface area contributed by atoms with E-state index < -0.39 is 25.1 Å². The monoisotopic (exact) mass is 311 g/mol. The summed E-state index contributed by atoms with van der Waals surface area (Å²) in [6.45, 7) is 3.85. The maximum absolute atomic E-state index is 12.1. The number of ether oxygens (including phenoxy) is 2. The van der Waals surface area contributed by atoms with E-state index in [1.54, 1.807) is 0 Å². The van der Waals surface area contributed by atoms with Gasteiger partial charge in [0.05, 0.1) is 12.7 Å². The van der Waals surface area contributed by atoms with E-state index in [1.165, 1.54) is 0 Å². The second-order valence-electron chi connectivity index (χ2n) is 4.36. The van der Waals surface area contributed by atoms with Crippen LogP contribution in [-0.4, -0.2) is 50.9 Å². The fourth-order valence-corrected chi connectivity index (χ4v) is 1.26. The van der Waals surface area contributed by atoms with E-state index >= 15 is 0 Å². The molecule has 0 saturated heterocycles. The Morgan fingerprint density at radius 2 is 1.40 bits per heavy atom. The van der Waals surface area contributed by atoms with E-state index in [2.05, 4.69) is 10.1 Å². The Kier molecular flexibility index (Phi) is 8.45. The van der Waals surface area contributed by atoms with Crippen LogP contribution in [0.15, 0.2) is 0 Å². The largest absolute Gasteiger partial charge is 0.423 e. The highest BCUT2D eigenvalue weighted by molar-refractivity contribution is 4.76. The van der Waals surface area contributed by atoms with Crippen LogP contribution >= 0.6 is 0 Å². The molecule has 1 N–H and O–H groups in total. The van der Waals surface area contributed by atoms with Crippen molar-refractivity contribution in [2.45, 2.75) is 44.8 Å². The molecule has 9 heteroatoms.